The summed E-state index contributed by atoms with van der Waals surface area (Å²) in [5, 5.41) is 2.90. The number of hydrogen-bond donors (Lipinski definition) is 1. The Morgan fingerprint density at radius 1 is 1.28 bits per heavy atom. The molecule has 3 rings (SSSR count). The molecule has 0 aromatic heterocycles. The highest BCUT2D eigenvalue weighted by Crippen LogP contribution is 2.26. The fraction of sp³-hybridized carbons (Fsp3) is 0.579. The van der Waals surface area contributed by atoms with Gasteiger partial charge in [0.05, 0.1) is 18.8 Å². The molecule has 0 bridgehead atoms. The molecule has 0 saturated carbocycles. The van der Waals surface area contributed by atoms with Gasteiger partial charge in [0.15, 0.2) is 0 Å². The Morgan fingerprint density at radius 3 is 2.80 bits per heavy atom. The lowest BCUT2D eigenvalue weighted by Gasteiger charge is -2.39. The second-order valence-electron chi connectivity index (χ2n) is 7.51. The molecule has 2 heterocycles. The summed E-state index contributed by atoms with van der Waals surface area (Å²) in [6.07, 6.45) is 0.841. The molecule has 2 aliphatic rings. The number of hydrogen-bond acceptors (Lipinski definition) is 4. The number of carbonyl (C=O) groups is 2. The zero-order valence-electron chi connectivity index (χ0n) is 15.3. The maximum Gasteiger partial charge on any atom is 0.236 e. The number of fused-ring (bicyclic) bond motifs is 1. The van der Waals surface area contributed by atoms with E-state index in [9.17, 15) is 9.59 Å². The van der Waals surface area contributed by atoms with Gasteiger partial charge in [-0.05, 0) is 37.5 Å². The van der Waals surface area contributed by atoms with Gasteiger partial charge in [-0.2, -0.15) is 0 Å². The zero-order valence-corrected chi connectivity index (χ0v) is 15.3. The average Bonchev–Trinajstić information content (AvgIpc) is 2.53. The van der Waals surface area contributed by atoms with Gasteiger partial charge in [0, 0.05) is 38.8 Å². The Hall–Kier alpha value is -1.92. The quantitative estimate of drug-likeness (QED) is 0.905. The molecule has 6 nitrogen and oxygen atoms in total. The molecule has 1 saturated heterocycles. The lowest BCUT2D eigenvalue weighted by molar-refractivity contribution is -0.147. The SMILES string of the molecule is CC(=O)Nc1cccc2c1CCN(CC(=O)N1CCOC(C)(C)C1)C2. The summed E-state index contributed by atoms with van der Waals surface area (Å²) < 4.78 is 5.69. The largest absolute Gasteiger partial charge is 0.372 e. The van der Waals surface area contributed by atoms with E-state index in [4.69, 9.17) is 4.74 Å². The zero-order chi connectivity index (χ0) is 18.0. The predicted molar refractivity (Wildman–Crippen MR) is 96.3 cm³/mol. The molecule has 136 valence electrons. The van der Waals surface area contributed by atoms with Gasteiger partial charge in [0.25, 0.3) is 0 Å². The average molecular weight is 345 g/mol. The fourth-order valence-corrected chi connectivity index (χ4v) is 3.63. The van der Waals surface area contributed by atoms with Crippen molar-refractivity contribution in [3.63, 3.8) is 0 Å². The molecule has 0 radical (unpaired) electrons. The fourth-order valence-electron chi connectivity index (χ4n) is 3.63. The van der Waals surface area contributed by atoms with Gasteiger partial charge in [-0.3, -0.25) is 14.5 Å². The Kier molecular flexibility index (Phi) is 5.11. The molecular weight excluding hydrogens is 318 g/mol. The van der Waals surface area contributed by atoms with Crippen LogP contribution in [0, 0.1) is 0 Å². The summed E-state index contributed by atoms with van der Waals surface area (Å²) in [5.41, 5.74) is 3.00. The molecule has 1 fully saturated rings. The van der Waals surface area contributed by atoms with Gasteiger partial charge in [0.1, 0.15) is 0 Å². The number of nitrogens with one attached hydrogen (secondary N) is 1. The Balaban J connectivity index is 1.63. The summed E-state index contributed by atoms with van der Waals surface area (Å²) in [6, 6.07) is 5.98. The van der Waals surface area contributed by atoms with Crippen molar-refractivity contribution in [2.24, 2.45) is 0 Å². The number of carbonyl (C=O) groups excluding carboxylic acids is 2. The Morgan fingerprint density at radius 2 is 2.08 bits per heavy atom. The summed E-state index contributed by atoms with van der Waals surface area (Å²) in [7, 11) is 0. The van der Waals surface area contributed by atoms with Crippen LogP contribution in [0.3, 0.4) is 0 Å². The lowest BCUT2D eigenvalue weighted by atomic mass is 9.97. The number of ether oxygens (including phenoxy) is 1. The molecule has 2 aliphatic heterocycles. The molecule has 1 aromatic carbocycles. The lowest BCUT2D eigenvalue weighted by Crippen LogP contribution is -2.53. The minimum absolute atomic E-state index is 0.0547. The van der Waals surface area contributed by atoms with E-state index in [2.05, 4.69) is 16.3 Å². The van der Waals surface area contributed by atoms with E-state index < -0.39 is 0 Å². The van der Waals surface area contributed by atoms with Crippen LogP contribution < -0.4 is 5.32 Å². The van der Waals surface area contributed by atoms with Crippen LogP contribution in [0.4, 0.5) is 5.69 Å². The molecular formula is C19H27N3O3. The van der Waals surface area contributed by atoms with E-state index >= 15 is 0 Å². The van der Waals surface area contributed by atoms with Crippen molar-refractivity contribution in [1.29, 1.82) is 0 Å². The van der Waals surface area contributed by atoms with Crippen LogP contribution in [0.2, 0.25) is 0 Å². The van der Waals surface area contributed by atoms with Crippen molar-refractivity contribution < 1.29 is 14.3 Å². The standard InChI is InChI=1S/C19H27N3O3/c1-14(23)20-17-6-4-5-15-11-21(8-7-16(15)17)12-18(24)22-9-10-25-19(2,3)13-22/h4-6H,7-13H2,1-3H3,(H,20,23). The van der Waals surface area contributed by atoms with Crippen molar-refractivity contribution in [3.8, 4) is 0 Å². The molecule has 0 spiro atoms. The van der Waals surface area contributed by atoms with E-state index in [1.54, 1.807) is 0 Å². The summed E-state index contributed by atoms with van der Waals surface area (Å²) in [4.78, 5) is 28.1. The minimum Gasteiger partial charge on any atom is -0.372 e. The van der Waals surface area contributed by atoms with Crippen molar-refractivity contribution in [1.82, 2.24) is 9.80 Å². The van der Waals surface area contributed by atoms with Gasteiger partial charge in [-0.1, -0.05) is 12.1 Å². The van der Waals surface area contributed by atoms with Crippen LogP contribution in [0.15, 0.2) is 18.2 Å². The maximum atomic E-state index is 12.7. The van der Waals surface area contributed by atoms with Gasteiger partial charge in [-0.15, -0.1) is 0 Å². The van der Waals surface area contributed by atoms with Crippen LogP contribution in [-0.2, 0) is 27.3 Å². The number of nitrogens with zero attached hydrogens (tertiary/aromatic N) is 2. The van der Waals surface area contributed by atoms with Gasteiger partial charge >= 0.3 is 0 Å². The second-order valence-corrected chi connectivity index (χ2v) is 7.51. The smallest absolute Gasteiger partial charge is 0.236 e. The summed E-state index contributed by atoms with van der Waals surface area (Å²) in [6.45, 7) is 9.46. The number of benzene rings is 1. The van der Waals surface area contributed by atoms with Crippen LogP contribution >= 0.6 is 0 Å². The van der Waals surface area contributed by atoms with Crippen LogP contribution in [0.1, 0.15) is 31.9 Å². The first-order chi connectivity index (χ1) is 11.8. The number of rotatable bonds is 3. The number of morpholine rings is 1. The minimum atomic E-state index is -0.268. The topological polar surface area (TPSA) is 61.9 Å². The van der Waals surface area contributed by atoms with Gasteiger partial charge < -0.3 is 15.0 Å². The molecule has 1 N–H and O–H groups in total. The molecule has 0 atom stereocenters. The first kappa shape index (κ1) is 17.9. The van der Waals surface area contributed by atoms with E-state index in [0.29, 0.717) is 26.2 Å². The van der Waals surface area contributed by atoms with Crippen molar-refractivity contribution >= 4 is 17.5 Å². The predicted octanol–water partition coefficient (Wildman–Crippen LogP) is 1.64. The summed E-state index contributed by atoms with van der Waals surface area (Å²) >= 11 is 0. The molecule has 6 heteroatoms. The van der Waals surface area contributed by atoms with Crippen molar-refractivity contribution in [3.05, 3.63) is 29.3 Å². The van der Waals surface area contributed by atoms with Crippen LogP contribution in [0.5, 0.6) is 0 Å². The molecule has 0 aliphatic carbocycles. The van der Waals surface area contributed by atoms with Crippen LogP contribution in [0.25, 0.3) is 0 Å². The summed E-state index contributed by atoms with van der Waals surface area (Å²) in [5.74, 6) is 0.110. The Bertz CT molecular complexity index is 672. The highest BCUT2D eigenvalue weighted by molar-refractivity contribution is 5.89. The highest BCUT2D eigenvalue weighted by Gasteiger charge is 2.31. The Labute approximate surface area is 149 Å². The highest BCUT2D eigenvalue weighted by atomic mass is 16.5. The number of amides is 2. The van der Waals surface area contributed by atoms with E-state index in [1.165, 1.54) is 18.1 Å². The monoisotopic (exact) mass is 345 g/mol. The normalized spacial score (nSPS) is 20.0. The first-order valence-electron chi connectivity index (χ1n) is 8.86. The van der Waals surface area contributed by atoms with Gasteiger partial charge in [0.2, 0.25) is 11.8 Å². The maximum absolute atomic E-state index is 12.7. The molecule has 25 heavy (non-hydrogen) atoms. The molecule has 0 unspecified atom stereocenters. The third-order valence-electron chi connectivity index (χ3n) is 4.79. The van der Waals surface area contributed by atoms with Crippen molar-refractivity contribution in [2.45, 2.75) is 39.3 Å². The third kappa shape index (κ3) is 4.38. The second kappa shape index (κ2) is 7.14. The molecule has 2 amide bonds. The number of anilines is 1. The third-order valence-corrected chi connectivity index (χ3v) is 4.79. The van der Waals surface area contributed by atoms with E-state index in [0.717, 1.165) is 25.2 Å². The van der Waals surface area contributed by atoms with Gasteiger partial charge in [-0.25, -0.2) is 0 Å². The van der Waals surface area contributed by atoms with E-state index in [-0.39, 0.29) is 17.4 Å². The van der Waals surface area contributed by atoms with E-state index in [1.807, 2.05) is 30.9 Å². The first-order valence-corrected chi connectivity index (χ1v) is 8.86. The van der Waals surface area contributed by atoms with Crippen molar-refractivity contribution in [2.75, 3.05) is 38.1 Å². The van der Waals surface area contributed by atoms with Crippen LogP contribution in [-0.4, -0.2) is 60.0 Å². The molecule has 1 aromatic rings.